The van der Waals surface area contributed by atoms with E-state index in [4.69, 9.17) is 5.11 Å². The van der Waals surface area contributed by atoms with Crippen LogP contribution in [-0.2, 0) is 11.3 Å². The highest BCUT2D eigenvalue weighted by atomic mass is 19.4. The molecule has 1 aromatic heterocycles. The third-order valence-corrected chi connectivity index (χ3v) is 1.54. The van der Waals surface area contributed by atoms with Crippen LogP contribution in [0.5, 0.6) is 0 Å². The van der Waals surface area contributed by atoms with Gasteiger partial charge in [0.1, 0.15) is 12.3 Å². The molecule has 0 fully saturated rings. The zero-order valence-electron chi connectivity index (χ0n) is 7.99. The molecule has 1 rings (SSSR count). The lowest BCUT2D eigenvalue weighted by molar-refractivity contribution is -0.176. The maximum absolute atomic E-state index is 11.7. The summed E-state index contributed by atoms with van der Waals surface area (Å²) in [6.07, 6.45) is -4.40. The lowest BCUT2D eigenvalue weighted by Crippen LogP contribution is -2.17. The molecular formula is C9H8F3NO3. The minimum Gasteiger partial charge on any atom is -0.477 e. The first-order valence-electron chi connectivity index (χ1n) is 4.22. The van der Waals surface area contributed by atoms with E-state index >= 15 is 0 Å². The molecule has 0 atom stereocenters. The summed E-state index contributed by atoms with van der Waals surface area (Å²) in [4.78, 5) is 14.1. The van der Waals surface area contributed by atoms with Crippen LogP contribution >= 0.6 is 0 Å². The third-order valence-electron chi connectivity index (χ3n) is 1.54. The first-order valence-corrected chi connectivity index (χ1v) is 4.22. The van der Waals surface area contributed by atoms with E-state index in [1.807, 2.05) is 0 Å². The Balaban J connectivity index is 2.55. The Kier molecular flexibility index (Phi) is 3.83. The number of hydrogen-bond acceptors (Lipinski definition) is 3. The van der Waals surface area contributed by atoms with Crippen LogP contribution in [0.3, 0.4) is 0 Å². The van der Waals surface area contributed by atoms with Crippen LogP contribution in [0.15, 0.2) is 18.2 Å². The van der Waals surface area contributed by atoms with E-state index in [1.165, 1.54) is 18.2 Å². The van der Waals surface area contributed by atoms with Crippen LogP contribution in [0.25, 0.3) is 0 Å². The predicted molar refractivity (Wildman–Crippen MR) is 46.9 cm³/mol. The van der Waals surface area contributed by atoms with Crippen molar-refractivity contribution in [1.82, 2.24) is 4.98 Å². The topological polar surface area (TPSA) is 59.4 Å². The molecule has 1 heterocycles. The lowest BCUT2D eigenvalue weighted by atomic mass is 10.3. The number of hydrogen-bond donors (Lipinski definition) is 1. The fourth-order valence-electron chi connectivity index (χ4n) is 0.950. The van der Waals surface area contributed by atoms with Crippen molar-refractivity contribution in [1.29, 1.82) is 0 Å². The number of nitrogens with zero attached hydrogens (tertiary/aromatic N) is 1. The van der Waals surface area contributed by atoms with E-state index in [0.717, 1.165) is 0 Å². The monoisotopic (exact) mass is 235 g/mol. The molecule has 0 aromatic carbocycles. The Morgan fingerprint density at radius 3 is 2.69 bits per heavy atom. The summed E-state index contributed by atoms with van der Waals surface area (Å²) in [6.45, 7) is -1.76. The van der Waals surface area contributed by atoms with Crippen LogP contribution in [-0.4, -0.2) is 28.8 Å². The third kappa shape index (κ3) is 4.26. The van der Waals surface area contributed by atoms with Gasteiger partial charge in [-0.3, -0.25) is 0 Å². The summed E-state index contributed by atoms with van der Waals surface area (Å²) in [5, 5.41) is 8.58. The molecule has 7 heteroatoms. The molecule has 0 saturated heterocycles. The lowest BCUT2D eigenvalue weighted by Gasteiger charge is -2.07. The summed E-state index contributed by atoms with van der Waals surface area (Å²) < 4.78 is 39.5. The number of rotatable bonds is 4. The fourth-order valence-corrected chi connectivity index (χ4v) is 0.950. The summed E-state index contributed by atoms with van der Waals surface area (Å²) in [7, 11) is 0. The predicted octanol–water partition coefficient (Wildman–Crippen LogP) is 1.86. The molecule has 0 aliphatic rings. The van der Waals surface area contributed by atoms with Gasteiger partial charge in [-0.1, -0.05) is 6.07 Å². The minimum atomic E-state index is -4.40. The molecule has 0 amide bonds. The Morgan fingerprint density at radius 2 is 2.12 bits per heavy atom. The summed E-state index contributed by atoms with van der Waals surface area (Å²) in [5.41, 5.74) is -0.0859. The zero-order valence-corrected chi connectivity index (χ0v) is 7.99. The van der Waals surface area contributed by atoms with Crippen molar-refractivity contribution in [2.45, 2.75) is 12.8 Å². The van der Waals surface area contributed by atoms with Gasteiger partial charge >= 0.3 is 12.1 Å². The van der Waals surface area contributed by atoms with Gasteiger partial charge in [-0.25, -0.2) is 9.78 Å². The summed E-state index contributed by atoms with van der Waals surface area (Å²) in [5.74, 6) is -1.24. The molecule has 0 spiro atoms. The smallest absolute Gasteiger partial charge is 0.411 e. The summed E-state index contributed by atoms with van der Waals surface area (Å²) >= 11 is 0. The molecule has 0 aliphatic carbocycles. The van der Waals surface area contributed by atoms with Crippen LogP contribution < -0.4 is 0 Å². The van der Waals surface area contributed by atoms with Crippen molar-refractivity contribution in [3.05, 3.63) is 29.6 Å². The van der Waals surface area contributed by atoms with E-state index in [-0.39, 0.29) is 18.0 Å². The number of aromatic carboxylic acids is 1. The molecule has 1 aromatic rings. The van der Waals surface area contributed by atoms with Crippen LogP contribution in [0, 0.1) is 0 Å². The Labute approximate surface area is 88.7 Å². The van der Waals surface area contributed by atoms with Crippen LogP contribution in [0.1, 0.15) is 16.2 Å². The number of carbonyl (C=O) groups is 1. The second kappa shape index (κ2) is 4.93. The van der Waals surface area contributed by atoms with E-state index < -0.39 is 18.8 Å². The molecule has 4 nitrogen and oxygen atoms in total. The Bertz CT molecular complexity index is 379. The number of alkyl halides is 3. The molecular weight excluding hydrogens is 227 g/mol. The highest BCUT2D eigenvalue weighted by Crippen LogP contribution is 2.15. The van der Waals surface area contributed by atoms with Crippen molar-refractivity contribution in [3.8, 4) is 0 Å². The molecule has 0 unspecified atom stereocenters. The zero-order chi connectivity index (χ0) is 12.2. The van der Waals surface area contributed by atoms with Crippen molar-refractivity contribution in [2.24, 2.45) is 0 Å². The van der Waals surface area contributed by atoms with E-state index in [1.54, 1.807) is 0 Å². The van der Waals surface area contributed by atoms with Crippen molar-refractivity contribution < 1.29 is 27.8 Å². The number of carboxylic acid groups (broad SMARTS) is 1. The average Bonchev–Trinajstić information content (AvgIpc) is 2.16. The van der Waals surface area contributed by atoms with Gasteiger partial charge in [0.05, 0.1) is 12.3 Å². The van der Waals surface area contributed by atoms with Crippen molar-refractivity contribution in [3.63, 3.8) is 0 Å². The number of aromatic nitrogens is 1. The maximum atomic E-state index is 11.7. The highest BCUT2D eigenvalue weighted by molar-refractivity contribution is 5.85. The van der Waals surface area contributed by atoms with E-state index in [9.17, 15) is 18.0 Å². The number of carboxylic acids is 1. The van der Waals surface area contributed by atoms with Gasteiger partial charge in [0, 0.05) is 0 Å². The fraction of sp³-hybridized carbons (Fsp3) is 0.333. The van der Waals surface area contributed by atoms with E-state index in [2.05, 4.69) is 9.72 Å². The Hall–Kier alpha value is -1.63. The largest absolute Gasteiger partial charge is 0.477 e. The molecule has 1 N–H and O–H groups in total. The van der Waals surface area contributed by atoms with Gasteiger partial charge < -0.3 is 9.84 Å². The van der Waals surface area contributed by atoms with E-state index in [0.29, 0.717) is 0 Å². The Morgan fingerprint density at radius 1 is 1.44 bits per heavy atom. The van der Waals surface area contributed by atoms with Gasteiger partial charge in [0.2, 0.25) is 0 Å². The maximum Gasteiger partial charge on any atom is 0.411 e. The second-order valence-electron chi connectivity index (χ2n) is 2.93. The molecule has 0 radical (unpaired) electrons. The molecule has 16 heavy (non-hydrogen) atoms. The van der Waals surface area contributed by atoms with Crippen LogP contribution in [0.2, 0.25) is 0 Å². The number of ether oxygens (including phenoxy) is 1. The quantitative estimate of drug-likeness (QED) is 0.865. The normalized spacial score (nSPS) is 11.4. The van der Waals surface area contributed by atoms with Crippen LogP contribution in [0.4, 0.5) is 13.2 Å². The van der Waals surface area contributed by atoms with Crippen molar-refractivity contribution >= 4 is 5.97 Å². The molecule has 0 aliphatic heterocycles. The second-order valence-corrected chi connectivity index (χ2v) is 2.93. The van der Waals surface area contributed by atoms with Crippen molar-refractivity contribution in [2.75, 3.05) is 6.61 Å². The van der Waals surface area contributed by atoms with Gasteiger partial charge in [-0.15, -0.1) is 0 Å². The molecule has 88 valence electrons. The molecule has 0 bridgehead atoms. The standard InChI is InChI=1S/C9H8F3NO3/c10-9(11,12)5-16-4-6-2-1-3-7(13-6)8(14)15/h1-3H,4-5H2,(H,14,15). The van der Waals surface area contributed by atoms with Gasteiger partial charge in [-0.2, -0.15) is 13.2 Å². The summed E-state index contributed by atoms with van der Waals surface area (Å²) in [6, 6.07) is 4.03. The SMILES string of the molecule is O=C(O)c1cccc(COCC(F)(F)F)n1. The first kappa shape index (κ1) is 12.4. The first-order chi connectivity index (χ1) is 7.38. The minimum absolute atomic E-state index is 0.143. The van der Waals surface area contributed by atoms with Gasteiger partial charge in [0.15, 0.2) is 0 Å². The number of halogens is 3. The van der Waals surface area contributed by atoms with Gasteiger partial charge in [-0.05, 0) is 12.1 Å². The van der Waals surface area contributed by atoms with Gasteiger partial charge in [0.25, 0.3) is 0 Å². The number of pyridine rings is 1. The average molecular weight is 235 g/mol. The highest BCUT2D eigenvalue weighted by Gasteiger charge is 2.27. The molecule has 0 saturated carbocycles.